The molecule has 3 aromatic heterocycles. The van der Waals surface area contributed by atoms with Gasteiger partial charge in [-0.1, -0.05) is 158 Å². The first kappa shape index (κ1) is 26.2. The summed E-state index contributed by atoms with van der Waals surface area (Å²) in [7, 11) is 0. The molecule has 3 heterocycles. The topological polar surface area (TPSA) is 65.0 Å². The van der Waals surface area contributed by atoms with Gasteiger partial charge in [-0.3, -0.25) is 0 Å². The highest BCUT2D eigenvalue weighted by atomic mass is 16.3. The standard InChI is InChI=1S/C51H31N3O2/c1-4-13-32(14-5-1)35-26-28-45-44(30-35)41-27-25-38(31-46(41)55-45)51-53-49(34-17-8-3-9-18-34)52-50(54-51)37-20-10-19-36(29-37)40-22-12-24-43-42-23-11-21-39(47(42)56-48(40)43)33-15-6-2-7-16-33/h1-31H/i25D,26D,27D,28D,30D,31D. The Balaban J connectivity index is 1.10. The lowest BCUT2D eigenvalue weighted by molar-refractivity contribution is 0.669. The van der Waals surface area contributed by atoms with Crippen LogP contribution in [-0.4, -0.2) is 15.0 Å². The van der Waals surface area contributed by atoms with Gasteiger partial charge in [0.2, 0.25) is 0 Å². The van der Waals surface area contributed by atoms with Crippen molar-refractivity contribution in [1.82, 2.24) is 15.0 Å². The fourth-order valence-electron chi connectivity index (χ4n) is 7.30. The van der Waals surface area contributed by atoms with E-state index in [1.165, 1.54) is 0 Å². The summed E-state index contributed by atoms with van der Waals surface area (Å²) in [6, 6.07) is 47.0. The minimum Gasteiger partial charge on any atom is -0.456 e. The van der Waals surface area contributed by atoms with Gasteiger partial charge in [0.15, 0.2) is 17.5 Å². The van der Waals surface area contributed by atoms with Crippen LogP contribution in [0.5, 0.6) is 0 Å². The average molecular weight is 724 g/mol. The summed E-state index contributed by atoms with van der Waals surface area (Å²) in [5.74, 6) is 0.565. The molecule has 11 rings (SSSR count). The number of hydrogen-bond donors (Lipinski definition) is 0. The van der Waals surface area contributed by atoms with Crippen molar-refractivity contribution in [2.24, 2.45) is 0 Å². The SMILES string of the molecule is [2H]c1c(-c2ccccc2)c([2H])c2c(oc3c([2H])c(-c4nc(-c5ccccc5)nc(-c5cccc(-c6cccc7c6oc6c(-c8ccccc8)cccc67)c5)n4)c([2H])c([2H])c32)c1[2H]. The van der Waals surface area contributed by atoms with Crippen LogP contribution in [0.2, 0.25) is 0 Å². The van der Waals surface area contributed by atoms with Crippen molar-refractivity contribution in [3.63, 3.8) is 0 Å². The molecule has 262 valence electrons. The summed E-state index contributed by atoms with van der Waals surface area (Å²) in [6.45, 7) is 0. The number of hydrogen-bond acceptors (Lipinski definition) is 5. The zero-order chi connectivity index (χ0) is 42.2. The minimum atomic E-state index is -0.344. The summed E-state index contributed by atoms with van der Waals surface area (Å²) in [6.07, 6.45) is 0. The predicted octanol–water partition coefficient (Wildman–Crippen LogP) is 13.7. The molecule has 0 N–H and O–H groups in total. The molecule has 0 amide bonds. The Bertz CT molecular complexity index is 3590. The summed E-state index contributed by atoms with van der Waals surface area (Å²) in [4.78, 5) is 14.6. The fraction of sp³-hybridized carbons (Fsp3) is 0. The molecule has 5 nitrogen and oxygen atoms in total. The molecular weight excluding hydrogens is 687 g/mol. The monoisotopic (exact) mass is 723 g/mol. The van der Waals surface area contributed by atoms with Gasteiger partial charge < -0.3 is 8.83 Å². The largest absolute Gasteiger partial charge is 0.456 e. The lowest BCUT2D eigenvalue weighted by atomic mass is 9.99. The van der Waals surface area contributed by atoms with E-state index in [1.807, 2.05) is 97.1 Å². The third kappa shape index (κ3) is 5.45. The zero-order valence-electron chi connectivity index (χ0n) is 35.6. The van der Waals surface area contributed by atoms with E-state index in [0.717, 1.165) is 44.2 Å². The Morgan fingerprint density at radius 2 is 0.875 bits per heavy atom. The smallest absolute Gasteiger partial charge is 0.164 e. The van der Waals surface area contributed by atoms with Gasteiger partial charge in [-0.15, -0.1) is 0 Å². The van der Waals surface area contributed by atoms with Crippen molar-refractivity contribution >= 4 is 43.9 Å². The van der Waals surface area contributed by atoms with Gasteiger partial charge in [-0.2, -0.15) is 0 Å². The molecule has 0 bridgehead atoms. The van der Waals surface area contributed by atoms with E-state index in [9.17, 15) is 5.48 Å². The molecule has 0 radical (unpaired) electrons. The van der Waals surface area contributed by atoms with E-state index in [-0.39, 0.29) is 81.0 Å². The van der Waals surface area contributed by atoms with Crippen LogP contribution in [0.15, 0.2) is 197 Å². The van der Waals surface area contributed by atoms with E-state index in [2.05, 4.69) is 30.3 Å². The summed E-state index contributed by atoms with van der Waals surface area (Å²) < 4.78 is 67.9. The van der Waals surface area contributed by atoms with Gasteiger partial charge in [-0.25, -0.2) is 15.0 Å². The Morgan fingerprint density at radius 3 is 1.57 bits per heavy atom. The summed E-state index contributed by atoms with van der Waals surface area (Å²) >= 11 is 0. The molecule has 0 atom stereocenters. The normalized spacial score (nSPS) is 13.1. The second kappa shape index (κ2) is 13.0. The van der Waals surface area contributed by atoms with Crippen molar-refractivity contribution in [1.29, 1.82) is 0 Å². The van der Waals surface area contributed by atoms with Gasteiger partial charge in [0.1, 0.15) is 22.3 Å². The number of benzene rings is 8. The highest BCUT2D eigenvalue weighted by Gasteiger charge is 2.18. The van der Waals surface area contributed by atoms with Gasteiger partial charge in [0.25, 0.3) is 0 Å². The van der Waals surface area contributed by atoms with Crippen LogP contribution in [0.1, 0.15) is 8.22 Å². The summed E-state index contributed by atoms with van der Waals surface area (Å²) in [5, 5.41) is 2.15. The van der Waals surface area contributed by atoms with Gasteiger partial charge in [0.05, 0.1) is 8.22 Å². The number of para-hydroxylation sites is 2. The molecular formula is C51H31N3O2. The molecule has 11 aromatic rings. The Kier molecular flexibility index (Phi) is 6.10. The average Bonchev–Trinajstić information content (AvgIpc) is 3.92. The van der Waals surface area contributed by atoms with Crippen LogP contribution in [0.25, 0.3) is 111 Å². The van der Waals surface area contributed by atoms with Gasteiger partial charge >= 0.3 is 0 Å². The highest BCUT2D eigenvalue weighted by Crippen LogP contribution is 2.41. The van der Waals surface area contributed by atoms with Crippen LogP contribution in [0.3, 0.4) is 0 Å². The number of rotatable bonds is 6. The van der Waals surface area contributed by atoms with Crippen molar-refractivity contribution in [3.8, 4) is 67.5 Å². The third-order valence-electron chi connectivity index (χ3n) is 10.0. The highest BCUT2D eigenvalue weighted by molar-refractivity contribution is 6.13. The van der Waals surface area contributed by atoms with Crippen molar-refractivity contribution in [3.05, 3.63) is 188 Å². The van der Waals surface area contributed by atoms with Gasteiger partial charge in [0, 0.05) is 49.4 Å². The zero-order valence-corrected chi connectivity index (χ0v) is 29.6. The molecule has 0 unspecified atom stereocenters. The second-order valence-electron chi connectivity index (χ2n) is 13.5. The van der Waals surface area contributed by atoms with Crippen molar-refractivity contribution < 1.29 is 17.1 Å². The fourth-order valence-corrected chi connectivity index (χ4v) is 7.30. The van der Waals surface area contributed by atoms with Crippen LogP contribution >= 0.6 is 0 Å². The molecule has 56 heavy (non-hydrogen) atoms. The number of aromatic nitrogens is 3. The quantitative estimate of drug-likeness (QED) is 0.171. The van der Waals surface area contributed by atoms with Crippen LogP contribution in [0, 0.1) is 0 Å². The molecule has 0 saturated carbocycles. The third-order valence-corrected chi connectivity index (χ3v) is 10.0. The molecule has 0 aliphatic heterocycles. The maximum atomic E-state index is 9.47. The number of nitrogens with zero attached hydrogens (tertiary/aromatic N) is 3. The lowest BCUT2D eigenvalue weighted by Gasteiger charge is -2.10. The Morgan fingerprint density at radius 1 is 0.339 bits per heavy atom. The first-order valence-electron chi connectivity index (χ1n) is 21.2. The van der Waals surface area contributed by atoms with E-state index in [4.69, 9.17) is 26.5 Å². The lowest BCUT2D eigenvalue weighted by Crippen LogP contribution is -2.00. The molecule has 0 aliphatic carbocycles. The van der Waals surface area contributed by atoms with E-state index in [1.54, 1.807) is 24.3 Å². The Labute approximate surface area is 330 Å². The van der Waals surface area contributed by atoms with Crippen molar-refractivity contribution in [2.75, 3.05) is 0 Å². The Hall–Kier alpha value is -7.63. The van der Waals surface area contributed by atoms with Crippen LogP contribution in [-0.2, 0) is 0 Å². The predicted molar refractivity (Wildman–Crippen MR) is 227 cm³/mol. The minimum absolute atomic E-state index is 0.0127. The first-order chi connectivity index (χ1) is 30.3. The van der Waals surface area contributed by atoms with E-state index in [0.29, 0.717) is 22.5 Å². The second-order valence-corrected chi connectivity index (χ2v) is 13.5. The molecule has 8 aromatic carbocycles. The number of fused-ring (bicyclic) bond motifs is 6. The van der Waals surface area contributed by atoms with Crippen LogP contribution < -0.4 is 0 Å². The summed E-state index contributed by atoms with van der Waals surface area (Å²) in [5.41, 5.74) is 7.18. The molecule has 0 spiro atoms. The molecule has 0 saturated heterocycles. The van der Waals surface area contributed by atoms with Crippen molar-refractivity contribution in [2.45, 2.75) is 0 Å². The maximum Gasteiger partial charge on any atom is 0.164 e. The van der Waals surface area contributed by atoms with Gasteiger partial charge in [-0.05, 0) is 52.5 Å². The molecule has 0 fully saturated rings. The first-order valence-corrected chi connectivity index (χ1v) is 18.2. The van der Waals surface area contributed by atoms with Crippen LogP contribution in [0.4, 0.5) is 0 Å². The van der Waals surface area contributed by atoms with E-state index < -0.39 is 0 Å². The number of furan rings is 2. The van der Waals surface area contributed by atoms with E-state index >= 15 is 0 Å². The molecule has 5 heteroatoms. The molecule has 0 aliphatic rings. The maximum absolute atomic E-state index is 9.47.